The molecule has 1 heterocycles. The molecule has 0 saturated carbocycles. The molecule has 0 amide bonds. The SMILES string of the molecule is O=C(O)C1CCCN(c2cc(F)ccc2F)C1. The molecule has 92 valence electrons. The number of carboxylic acids is 1. The van der Waals surface area contributed by atoms with Crippen molar-refractivity contribution in [2.45, 2.75) is 12.8 Å². The molecule has 0 bridgehead atoms. The first kappa shape index (κ1) is 11.8. The molecule has 1 fully saturated rings. The fraction of sp³-hybridized carbons (Fsp3) is 0.417. The lowest BCUT2D eigenvalue weighted by Gasteiger charge is -2.32. The van der Waals surface area contributed by atoms with E-state index in [1.54, 1.807) is 4.90 Å². The van der Waals surface area contributed by atoms with Crippen LogP contribution in [0.15, 0.2) is 18.2 Å². The predicted octanol–water partition coefficient (Wildman–Crippen LogP) is 2.27. The van der Waals surface area contributed by atoms with Crippen molar-refractivity contribution < 1.29 is 18.7 Å². The number of aliphatic carboxylic acids is 1. The summed E-state index contributed by atoms with van der Waals surface area (Å²) in [5.41, 5.74) is 0.149. The third-order valence-corrected chi connectivity index (χ3v) is 3.02. The van der Waals surface area contributed by atoms with Crippen molar-refractivity contribution in [1.29, 1.82) is 0 Å². The number of carbonyl (C=O) groups is 1. The normalized spacial score (nSPS) is 20.4. The molecule has 1 unspecified atom stereocenters. The van der Waals surface area contributed by atoms with E-state index in [2.05, 4.69) is 0 Å². The van der Waals surface area contributed by atoms with E-state index >= 15 is 0 Å². The standard InChI is InChI=1S/C12H13F2NO2/c13-9-3-4-10(14)11(6-9)15-5-1-2-8(7-15)12(16)17/h3-4,6,8H,1-2,5,7H2,(H,16,17). The summed E-state index contributed by atoms with van der Waals surface area (Å²) >= 11 is 0. The number of piperidine rings is 1. The molecule has 1 aromatic carbocycles. The Hall–Kier alpha value is -1.65. The number of benzene rings is 1. The maximum Gasteiger partial charge on any atom is 0.308 e. The van der Waals surface area contributed by atoms with Crippen LogP contribution in [0.25, 0.3) is 0 Å². The Balaban J connectivity index is 2.21. The van der Waals surface area contributed by atoms with Crippen LogP contribution in [-0.4, -0.2) is 24.2 Å². The highest BCUT2D eigenvalue weighted by Gasteiger charge is 2.26. The highest BCUT2D eigenvalue weighted by Crippen LogP contribution is 2.26. The van der Waals surface area contributed by atoms with E-state index in [9.17, 15) is 13.6 Å². The number of hydrogen-bond donors (Lipinski definition) is 1. The molecule has 1 aromatic rings. The molecule has 0 aliphatic carbocycles. The molecule has 5 heteroatoms. The number of nitrogens with zero attached hydrogens (tertiary/aromatic N) is 1. The zero-order valence-corrected chi connectivity index (χ0v) is 9.20. The third kappa shape index (κ3) is 2.54. The average Bonchev–Trinajstić information content (AvgIpc) is 2.32. The van der Waals surface area contributed by atoms with Gasteiger partial charge in [-0.1, -0.05) is 0 Å². The summed E-state index contributed by atoms with van der Waals surface area (Å²) in [7, 11) is 0. The Morgan fingerprint density at radius 3 is 2.88 bits per heavy atom. The summed E-state index contributed by atoms with van der Waals surface area (Å²) in [6.07, 6.45) is 1.26. The van der Waals surface area contributed by atoms with Crippen molar-refractivity contribution in [2.75, 3.05) is 18.0 Å². The lowest BCUT2D eigenvalue weighted by molar-refractivity contribution is -0.141. The van der Waals surface area contributed by atoms with Crippen LogP contribution in [0.4, 0.5) is 14.5 Å². The lowest BCUT2D eigenvalue weighted by atomic mass is 9.98. The van der Waals surface area contributed by atoms with Gasteiger partial charge in [-0.15, -0.1) is 0 Å². The second-order valence-corrected chi connectivity index (χ2v) is 4.22. The minimum atomic E-state index is -0.883. The molecule has 1 saturated heterocycles. The second kappa shape index (κ2) is 4.69. The van der Waals surface area contributed by atoms with Crippen molar-refractivity contribution in [3.63, 3.8) is 0 Å². The maximum atomic E-state index is 13.5. The van der Waals surface area contributed by atoms with Crippen molar-refractivity contribution >= 4 is 11.7 Å². The Labute approximate surface area is 97.7 Å². The molecule has 1 atom stereocenters. The molecule has 1 aliphatic rings. The molecule has 2 rings (SSSR count). The number of rotatable bonds is 2. The van der Waals surface area contributed by atoms with Crippen LogP contribution in [0.1, 0.15) is 12.8 Å². The van der Waals surface area contributed by atoms with Gasteiger partial charge in [-0.3, -0.25) is 4.79 Å². The summed E-state index contributed by atoms with van der Waals surface area (Å²) in [5, 5.41) is 8.93. The average molecular weight is 241 g/mol. The van der Waals surface area contributed by atoms with Gasteiger partial charge in [0, 0.05) is 19.2 Å². The fourth-order valence-corrected chi connectivity index (χ4v) is 2.13. The largest absolute Gasteiger partial charge is 0.481 e. The quantitative estimate of drug-likeness (QED) is 0.863. The summed E-state index contributed by atoms with van der Waals surface area (Å²) in [4.78, 5) is 12.5. The van der Waals surface area contributed by atoms with Crippen LogP contribution in [0.3, 0.4) is 0 Å². The van der Waals surface area contributed by atoms with E-state index in [0.29, 0.717) is 19.4 Å². The van der Waals surface area contributed by atoms with Gasteiger partial charge in [-0.2, -0.15) is 0 Å². The van der Waals surface area contributed by atoms with Crippen LogP contribution < -0.4 is 4.90 Å². The molecular weight excluding hydrogens is 228 g/mol. The van der Waals surface area contributed by atoms with Gasteiger partial charge in [-0.25, -0.2) is 8.78 Å². The monoisotopic (exact) mass is 241 g/mol. The minimum Gasteiger partial charge on any atom is -0.481 e. The van der Waals surface area contributed by atoms with Crippen molar-refractivity contribution in [2.24, 2.45) is 5.92 Å². The highest BCUT2D eigenvalue weighted by molar-refractivity contribution is 5.71. The molecule has 0 radical (unpaired) electrons. The Bertz CT molecular complexity index is 437. The maximum absolute atomic E-state index is 13.5. The molecule has 17 heavy (non-hydrogen) atoms. The highest BCUT2D eigenvalue weighted by atomic mass is 19.1. The van der Waals surface area contributed by atoms with E-state index in [4.69, 9.17) is 5.11 Å². The third-order valence-electron chi connectivity index (χ3n) is 3.02. The summed E-state index contributed by atoms with van der Waals surface area (Å²) in [5.74, 6) is -2.42. The van der Waals surface area contributed by atoms with E-state index < -0.39 is 23.5 Å². The molecule has 0 aromatic heterocycles. The number of halogens is 2. The van der Waals surface area contributed by atoms with Gasteiger partial charge >= 0.3 is 5.97 Å². The Morgan fingerprint density at radius 1 is 1.41 bits per heavy atom. The number of carboxylic acid groups (broad SMARTS) is 1. The zero-order valence-electron chi connectivity index (χ0n) is 9.20. The summed E-state index contributed by atoms with van der Waals surface area (Å²) in [6, 6.07) is 3.23. The first-order valence-electron chi connectivity index (χ1n) is 5.50. The number of anilines is 1. The van der Waals surface area contributed by atoms with Crippen LogP contribution in [-0.2, 0) is 4.79 Å². The van der Waals surface area contributed by atoms with Crippen molar-refractivity contribution in [3.8, 4) is 0 Å². The lowest BCUT2D eigenvalue weighted by Crippen LogP contribution is -2.39. The molecule has 1 N–H and O–H groups in total. The van der Waals surface area contributed by atoms with Gasteiger partial charge in [0.05, 0.1) is 11.6 Å². The van der Waals surface area contributed by atoms with Crippen LogP contribution in [0.2, 0.25) is 0 Å². The molecule has 0 spiro atoms. The molecule has 1 aliphatic heterocycles. The molecular formula is C12H13F2NO2. The first-order valence-corrected chi connectivity index (χ1v) is 5.50. The van der Waals surface area contributed by atoms with Crippen LogP contribution in [0.5, 0.6) is 0 Å². The van der Waals surface area contributed by atoms with E-state index in [1.165, 1.54) is 0 Å². The van der Waals surface area contributed by atoms with E-state index in [1.807, 2.05) is 0 Å². The Morgan fingerprint density at radius 2 is 2.18 bits per heavy atom. The summed E-state index contributed by atoms with van der Waals surface area (Å²) < 4.78 is 26.6. The van der Waals surface area contributed by atoms with Crippen LogP contribution in [0, 0.1) is 17.6 Å². The van der Waals surface area contributed by atoms with Gasteiger partial charge < -0.3 is 10.0 Å². The second-order valence-electron chi connectivity index (χ2n) is 4.22. The first-order chi connectivity index (χ1) is 8.08. The fourth-order valence-electron chi connectivity index (χ4n) is 2.13. The van der Waals surface area contributed by atoms with Gasteiger partial charge in [-0.05, 0) is 25.0 Å². The van der Waals surface area contributed by atoms with Crippen molar-refractivity contribution in [1.82, 2.24) is 0 Å². The minimum absolute atomic E-state index is 0.149. The topological polar surface area (TPSA) is 40.5 Å². The van der Waals surface area contributed by atoms with Gasteiger partial charge in [0.1, 0.15) is 11.6 Å². The van der Waals surface area contributed by atoms with Gasteiger partial charge in [0.2, 0.25) is 0 Å². The van der Waals surface area contributed by atoms with Gasteiger partial charge in [0.15, 0.2) is 0 Å². The Kier molecular flexibility index (Phi) is 3.26. The van der Waals surface area contributed by atoms with Crippen LogP contribution >= 0.6 is 0 Å². The van der Waals surface area contributed by atoms with Crippen molar-refractivity contribution in [3.05, 3.63) is 29.8 Å². The smallest absolute Gasteiger partial charge is 0.308 e. The van der Waals surface area contributed by atoms with Gasteiger partial charge in [0.25, 0.3) is 0 Å². The predicted molar refractivity (Wildman–Crippen MR) is 58.9 cm³/mol. The molecule has 3 nitrogen and oxygen atoms in total. The van der Waals surface area contributed by atoms with E-state index in [-0.39, 0.29) is 12.2 Å². The number of hydrogen-bond acceptors (Lipinski definition) is 2. The summed E-state index contributed by atoms with van der Waals surface area (Å²) in [6.45, 7) is 0.792. The van der Waals surface area contributed by atoms with E-state index in [0.717, 1.165) is 18.2 Å². The zero-order chi connectivity index (χ0) is 12.4.